The quantitative estimate of drug-likeness (QED) is 0.427. The highest BCUT2D eigenvalue weighted by Crippen LogP contribution is 2.30. The van der Waals surface area contributed by atoms with Gasteiger partial charge >= 0.3 is 12.1 Å². The Morgan fingerprint density at radius 1 is 1.13 bits per heavy atom. The molecule has 31 heavy (non-hydrogen) atoms. The van der Waals surface area contributed by atoms with Gasteiger partial charge in [0, 0.05) is 17.3 Å². The van der Waals surface area contributed by atoms with Crippen LogP contribution in [0.4, 0.5) is 13.2 Å². The van der Waals surface area contributed by atoms with Crippen molar-refractivity contribution in [2.24, 2.45) is 0 Å². The second kappa shape index (κ2) is 11.9. The van der Waals surface area contributed by atoms with Crippen molar-refractivity contribution in [3.8, 4) is 11.5 Å². The lowest BCUT2D eigenvalue weighted by Crippen LogP contribution is -2.25. The number of benzene rings is 2. The summed E-state index contributed by atoms with van der Waals surface area (Å²) in [5, 5.41) is 8.71. The summed E-state index contributed by atoms with van der Waals surface area (Å²) in [7, 11) is 0. The highest BCUT2D eigenvalue weighted by molar-refractivity contribution is 7.99. The molecule has 1 unspecified atom stereocenters. The molecule has 0 heterocycles. The fourth-order valence-electron chi connectivity index (χ4n) is 2.56. The van der Waals surface area contributed by atoms with Crippen molar-refractivity contribution in [2.45, 2.75) is 37.4 Å². The lowest BCUT2D eigenvalue weighted by atomic mass is 10.2. The van der Waals surface area contributed by atoms with Gasteiger partial charge in [0.15, 0.2) is 6.61 Å². The van der Waals surface area contributed by atoms with E-state index >= 15 is 0 Å². The number of hydrogen-bond donors (Lipinski definition) is 1. The highest BCUT2D eigenvalue weighted by atomic mass is 32.2. The number of hydrogen-bond acceptors (Lipinski definition) is 5. The summed E-state index contributed by atoms with van der Waals surface area (Å²) >= 11 is 1.54. The number of halogens is 3. The molecule has 0 saturated heterocycles. The summed E-state index contributed by atoms with van der Waals surface area (Å²) in [6.07, 6.45) is -3.81. The molecule has 0 bridgehead atoms. The number of carboxylic acid groups (broad SMARTS) is 1. The standard InChI is InChI=1S/C22H25F3O5S/c1-3-10-28-18(12-29-17-6-4-16(5-7-17)22(23,24)25)14-31-19-8-9-20(15(2)11-19)30-13-21(26)27/h4-9,11,18H,3,10,12-14H2,1-2H3,(H,26,27). The normalized spacial score (nSPS) is 12.4. The molecule has 9 heteroatoms. The van der Waals surface area contributed by atoms with Crippen molar-refractivity contribution >= 4 is 17.7 Å². The molecule has 1 atom stereocenters. The molecule has 2 aromatic rings. The molecule has 0 aliphatic carbocycles. The summed E-state index contributed by atoms with van der Waals surface area (Å²) in [5.74, 6) is 0.395. The molecule has 2 rings (SSSR count). The second-order valence-electron chi connectivity index (χ2n) is 6.75. The molecule has 0 spiro atoms. The van der Waals surface area contributed by atoms with Crippen LogP contribution in [0.1, 0.15) is 24.5 Å². The van der Waals surface area contributed by atoms with Crippen LogP contribution >= 0.6 is 11.8 Å². The minimum Gasteiger partial charge on any atom is -0.491 e. The molecular weight excluding hydrogens is 433 g/mol. The van der Waals surface area contributed by atoms with Crippen LogP contribution in [0.2, 0.25) is 0 Å². The first-order chi connectivity index (χ1) is 14.7. The van der Waals surface area contributed by atoms with Gasteiger partial charge < -0.3 is 19.3 Å². The summed E-state index contributed by atoms with van der Waals surface area (Å²) in [4.78, 5) is 11.6. The Hall–Kier alpha value is -2.39. The van der Waals surface area contributed by atoms with Crippen molar-refractivity contribution in [1.82, 2.24) is 0 Å². The zero-order valence-electron chi connectivity index (χ0n) is 17.3. The van der Waals surface area contributed by atoms with E-state index in [1.165, 1.54) is 12.1 Å². The van der Waals surface area contributed by atoms with Crippen molar-refractivity contribution in [1.29, 1.82) is 0 Å². The van der Waals surface area contributed by atoms with E-state index in [4.69, 9.17) is 19.3 Å². The SMILES string of the molecule is CCCOC(COc1ccc(C(F)(F)F)cc1)CSc1ccc(OCC(=O)O)c(C)c1. The maximum Gasteiger partial charge on any atom is 0.416 e. The number of thioether (sulfide) groups is 1. The van der Waals surface area contributed by atoms with E-state index in [-0.39, 0.29) is 12.7 Å². The van der Waals surface area contributed by atoms with Crippen molar-refractivity contribution in [2.75, 3.05) is 25.6 Å². The van der Waals surface area contributed by atoms with E-state index in [9.17, 15) is 18.0 Å². The second-order valence-corrected chi connectivity index (χ2v) is 7.84. The Kier molecular flexibility index (Phi) is 9.51. The zero-order chi connectivity index (χ0) is 22.9. The highest BCUT2D eigenvalue weighted by Gasteiger charge is 2.30. The number of ether oxygens (including phenoxy) is 3. The van der Waals surface area contributed by atoms with E-state index in [0.717, 1.165) is 29.0 Å². The van der Waals surface area contributed by atoms with Crippen LogP contribution in [0.15, 0.2) is 47.4 Å². The summed E-state index contributed by atoms with van der Waals surface area (Å²) in [5.41, 5.74) is 0.0959. The van der Waals surface area contributed by atoms with Gasteiger partial charge in [-0.05, 0) is 61.4 Å². The van der Waals surface area contributed by atoms with Gasteiger partial charge in [-0.25, -0.2) is 4.79 Å². The summed E-state index contributed by atoms with van der Waals surface area (Å²) in [6.45, 7) is 4.17. The molecule has 5 nitrogen and oxygen atoms in total. The number of carbonyl (C=O) groups is 1. The Morgan fingerprint density at radius 3 is 2.42 bits per heavy atom. The molecule has 0 amide bonds. The average Bonchev–Trinajstić information content (AvgIpc) is 2.72. The maximum absolute atomic E-state index is 12.7. The predicted octanol–water partition coefficient (Wildman–Crippen LogP) is 5.44. The first-order valence-electron chi connectivity index (χ1n) is 9.68. The topological polar surface area (TPSA) is 65.0 Å². The Balaban J connectivity index is 1.92. The van der Waals surface area contributed by atoms with E-state index in [1.54, 1.807) is 17.8 Å². The minimum absolute atomic E-state index is 0.206. The van der Waals surface area contributed by atoms with E-state index < -0.39 is 24.3 Å². The largest absolute Gasteiger partial charge is 0.491 e. The molecule has 0 fully saturated rings. The molecule has 1 N–H and O–H groups in total. The van der Waals surface area contributed by atoms with Gasteiger partial charge in [0.25, 0.3) is 0 Å². The maximum atomic E-state index is 12.7. The molecule has 0 aliphatic rings. The monoisotopic (exact) mass is 458 g/mol. The van der Waals surface area contributed by atoms with Crippen LogP contribution in [-0.2, 0) is 15.7 Å². The van der Waals surface area contributed by atoms with Crippen LogP contribution in [0.3, 0.4) is 0 Å². The number of carboxylic acids is 1. The van der Waals surface area contributed by atoms with Crippen LogP contribution in [-0.4, -0.2) is 42.8 Å². The number of rotatable bonds is 12. The third-order valence-electron chi connectivity index (χ3n) is 4.11. The van der Waals surface area contributed by atoms with Gasteiger partial charge in [-0.3, -0.25) is 0 Å². The summed E-state index contributed by atoms with van der Waals surface area (Å²) in [6, 6.07) is 10.0. The third kappa shape index (κ3) is 8.70. The lowest BCUT2D eigenvalue weighted by Gasteiger charge is -2.19. The Labute approximate surface area is 183 Å². The Morgan fingerprint density at radius 2 is 1.84 bits per heavy atom. The van der Waals surface area contributed by atoms with Gasteiger partial charge in [-0.2, -0.15) is 13.2 Å². The van der Waals surface area contributed by atoms with Crippen molar-refractivity contribution < 1.29 is 37.3 Å². The van der Waals surface area contributed by atoms with Crippen molar-refractivity contribution in [3.05, 3.63) is 53.6 Å². The fourth-order valence-corrected chi connectivity index (χ4v) is 3.56. The molecule has 0 aliphatic heterocycles. The van der Waals surface area contributed by atoms with Crippen LogP contribution < -0.4 is 9.47 Å². The van der Waals surface area contributed by atoms with E-state index in [0.29, 0.717) is 23.9 Å². The smallest absolute Gasteiger partial charge is 0.416 e. The van der Waals surface area contributed by atoms with Crippen LogP contribution in [0, 0.1) is 6.92 Å². The predicted molar refractivity (Wildman–Crippen MR) is 112 cm³/mol. The zero-order valence-corrected chi connectivity index (χ0v) is 18.1. The molecular formula is C22H25F3O5S. The fraction of sp³-hybridized carbons (Fsp3) is 0.409. The van der Waals surface area contributed by atoms with Gasteiger partial charge in [0.1, 0.15) is 24.2 Å². The van der Waals surface area contributed by atoms with Gasteiger partial charge in [0.05, 0.1) is 5.56 Å². The van der Waals surface area contributed by atoms with Crippen molar-refractivity contribution in [3.63, 3.8) is 0 Å². The molecule has 2 aromatic carbocycles. The Bertz CT molecular complexity index is 840. The number of aryl methyl sites for hydroxylation is 1. The van der Waals surface area contributed by atoms with Gasteiger partial charge in [-0.1, -0.05) is 6.92 Å². The molecule has 0 saturated carbocycles. The van der Waals surface area contributed by atoms with Crippen LogP contribution in [0.5, 0.6) is 11.5 Å². The third-order valence-corrected chi connectivity index (χ3v) is 5.23. The lowest BCUT2D eigenvalue weighted by molar-refractivity contribution is -0.139. The summed E-state index contributed by atoms with van der Waals surface area (Å²) < 4.78 is 54.7. The molecule has 0 radical (unpaired) electrons. The number of alkyl halides is 3. The molecule has 0 aromatic heterocycles. The van der Waals surface area contributed by atoms with Gasteiger partial charge in [-0.15, -0.1) is 11.8 Å². The van der Waals surface area contributed by atoms with E-state index in [1.807, 2.05) is 26.0 Å². The first kappa shape index (κ1) is 24.9. The van der Waals surface area contributed by atoms with Gasteiger partial charge in [0.2, 0.25) is 0 Å². The minimum atomic E-state index is -4.38. The average molecular weight is 458 g/mol. The number of aliphatic carboxylic acids is 1. The van der Waals surface area contributed by atoms with Crippen LogP contribution in [0.25, 0.3) is 0 Å². The molecule has 170 valence electrons. The first-order valence-corrected chi connectivity index (χ1v) is 10.7. The van der Waals surface area contributed by atoms with E-state index in [2.05, 4.69) is 0 Å².